The number of hydrogen-bond donors (Lipinski definition) is 2. The van der Waals surface area contributed by atoms with Gasteiger partial charge in [-0.3, -0.25) is 5.32 Å². The lowest BCUT2D eigenvalue weighted by atomic mass is 9.96. The molecule has 0 aliphatic heterocycles. The second-order valence-corrected chi connectivity index (χ2v) is 6.16. The van der Waals surface area contributed by atoms with Crippen LogP contribution in [0.1, 0.15) is 55.9 Å². The van der Waals surface area contributed by atoms with Gasteiger partial charge in [-0.1, -0.05) is 30.6 Å². The van der Waals surface area contributed by atoms with Crippen LogP contribution in [0.2, 0.25) is 0 Å². The molecule has 1 aromatic rings. The maximum atomic E-state index is 11.8. The van der Waals surface area contributed by atoms with Crippen molar-refractivity contribution in [3.8, 4) is 0 Å². The van der Waals surface area contributed by atoms with Gasteiger partial charge in [-0.15, -0.1) is 10.2 Å². The standard InChI is InChI=1S/C12H18N4OS/c17-11(13-9-4-2-1-3-5-9)14-12-16-15-10(18-12)8-6-7-8/h8-9H,1-7H2,(H2,13,14,16,17). The minimum atomic E-state index is -0.139. The van der Waals surface area contributed by atoms with Gasteiger partial charge >= 0.3 is 6.03 Å². The Morgan fingerprint density at radius 3 is 2.61 bits per heavy atom. The van der Waals surface area contributed by atoms with Crippen molar-refractivity contribution < 1.29 is 4.79 Å². The largest absolute Gasteiger partial charge is 0.335 e. The first-order chi connectivity index (χ1) is 8.81. The molecule has 0 aromatic carbocycles. The van der Waals surface area contributed by atoms with Gasteiger partial charge in [0.2, 0.25) is 5.13 Å². The van der Waals surface area contributed by atoms with Gasteiger partial charge in [0.1, 0.15) is 5.01 Å². The summed E-state index contributed by atoms with van der Waals surface area (Å²) in [6.45, 7) is 0. The topological polar surface area (TPSA) is 66.9 Å². The summed E-state index contributed by atoms with van der Waals surface area (Å²) in [5, 5.41) is 15.6. The smallest absolute Gasteiger partial charge is 0.321 e. The van der Waals surface area contributed by atoms with Crippen molar-refractivity contribution in [2.45, 2.75) is 56.9 Å². The Bertz CT molecular complexity index is 423. The zero-order valence-electron chi connectivity index (χ0n) is 10.3. The van der Waals surface area contributed by atoms with Gasteiger partial charge in [0.25, 0.3) is 0 Å². The molecule has 6 heteroatoms. The van der Waals surface area contributed by atoms with Crippen molar-refractivity contribution in [1.29, 1.82) is 0 Å². The quantitative estimate of drug-likeness (QED) is 0.884. The number of amides is 2. The molecule has 0 atom stereocenters. The van der Waals surface area contributed by atoms with Gasteiger partial charge in [-0.2, -0.15) is 0 Å². The predicted octanol–water partition coefficient (Wildman–Crippen LogP) is 2.87. The van der Waals surface area contributed by atoms with E-state index in [9.17, 15) is 4.79 Å². The second kappa shape index (κ2) is 5.22. The number of anilines is 1. The number of nitrogens with zero attached hydrogens (tertiary/aromatic N) is 2. The van der Waals surface area contributed by atoms with Crippen LogP contribution in [0.5, 0.6) is 0 Å². The fourth-order valence-electron chi connectivity index (χ4n) is 2.35. The van der Waals surface area contributed by atoms with Gasteiger partial charge in [-0.25, -0.2) is 4.79 Å². The van der Waals surface area contributed by atoms with Crippen molar-refractivity contribution >= 4 is 22.5 Å². The molecule has 98 valence electrons. The highest BCUT2D eigenvalue weighted by atomic mass is 32.1. The monoisotopic (exact) mass is 266 g/mol. The Hall–Kier alpha value is -1.17. The summed E-state index contributed by atoms with van der Waals surface area (Å²) < 4.78 is 0. The van der Waals surface area contributed by atoms with E-state index in [1.165, 1.54) is 43.4 Å². The van der Waals surface area contributed by atoms with E-state index >= 15 is 0 Å². The molecule has 1 aromatic heterocycles. The summed E-state index contributed by atoms with van der Waals surface area (Å²) in [6, 6.07) is 0.190. The van der Waals surface area contributed by atoms with E-state index in [1.807, 2.05) is 0 Å². The molecule has 2 aliphatic carbocycles. The van der Waals surface area contributed by atoms with Crippen LogP contribution in [0.15, 0.2) is 0 Å². The molecular weight excluding hydrogens is 248 g/mol. The van der Waals surface area contributed by atoms with Crippen LogP contribution in [0.4, 0.5) is 9.93 Å². The number of carbonyl (C=O) groups excluding carboxylic acids is 1. The van der Waals surface area contributed by atoms with E-state index in [4.69, 9.17) is 0 Å². The van der Waals surface area contributed by atoms with Crippen LogP contribution in [0, 0.1) is 0 Å². The van der Waals surface area contributed by atoms with E-state index in [2.05, 4.69) is 20.8 Å². The predicted molar refractivity (Wildman–Crippen MR) is 70.9 cm³/mol. The number of rotatable bonds is 3. The Morgan fingerprint density at radius 2 is 1.89 bits per heavy atom. The summed E-state index contributed by atoms with van der Waals surface area (Å²) in [6.07, 6.45) is 8.34. The third-order valence-electron chi connectivity index (χ3n) is 3.53. The third-order valence-corrected chi connectivity index (χ3v) is 4.53. The lowest BCUT2D eigenvalue weighted by Crippen LogP contribution is -2.38. The average Bonchev–Trinajstić information content (AvgIpc) is 3.12. The molecule has 5 nitrogen and oxygen atoms in total. The van der Waals surface area contributed by atoms with Gasteiger partial charge < -0.3 is 5.32 Å². The third kappa shape index (κ3) is 2.98. The summed E-state index contributed by atoms with van der Waals surface area (Å²) in [4.78, 5) is 11.8. The van der Waals surface area contributed by atoms with Crippen LogP contribution in [-0.2, 0) is 0 Å². The molecule has 0 spiro atoms. The molecule has 1 heterocycles. The second-order valence-electron chi connectivity index (χ2n) is 5.15. The molecule has 2 saturated carbocycles. The van der Waals surface area contributed by atoms with E-state index in [-0.39, 0.29) is 6.03 Å². The highest BCUT2D eigenvalue weighted by Gasteiger charge is 2.27. The lowest BCUT2D eigenvalue weighted by Gasteiger charge is -2.22. The van der Waals surface area contributed by atoms with Crippen LogP contribution in [0.25, 0.3) is 0 Å². The summed E-state index contributed by atoms with van der Waals surface area (Å²) >= 11 is 1.50. The fourth-order valence-corrected chi connectivity index (χ4v) is 3.25. The van der Waals surface area contributed by atoms with Crippen LogP contribution >= 0.6 is 11.3 Å². The first-order valence-electron chi connectivity index (χ1n) is 6.72. The Morgan fingerprint density at radius 1 is 1.11 bits per heavy atom. The molecule has 18 heavy (non-hydrogen) atoms. The summed E-state index contributed by atoms with van der Waals surface area (Å²) in [5.41, 5.74) is 0. The van der Waals surface area contributed by atoms with Gasteiger partial charge in [0.05, 0.1) is 0 Å². The Balaban J connectivity index is 1.49. The number of aromatic nitrogens is 2. The van der Waals surface area contributed by atoms with Crippen LogP contribution < -0.4 is 10.6 Å². The molecule has 0 bridgehead atoms. The molecule has 0 saturated heterocycles. The number of urea groups is 1. The number of carbonyl (C=O) groups is 1. The SMILES string of the molecule is O=C(Nc1nnc(C2CC2)s1)NC1CCCCC1. The van der Waals surface area contributed by atoms with E-state index in [1.54, 1.807) is 0 Å². The molecule has 3 rings (SSSR count). The van der Waals surface area contributed by atoms with E-state index in [0.29, 0.717) is 17.1 Å². The molecule has 2 N–H and O–H groups in total. The highest BCUT2D eigenvalue weighted by Crippen LogP contribution is 2.41. The molecule has 0 unspecified atom stereocenters. The molecule has 2 aliphatic rings. The zero-order chi connectivity index (χ0) is 12.4. The maximum absolute atomic E-state index is 11.8. The van der Waals surface area contributed by atoms with Crippen LogP contribution in [0.3, 0.4) is 0 Å². The molecule has 2 amide bonds. The van der Waals surface area contributed by atoms with Gasteiger partial charge in [-0.05, 0) is 25.7 Å². The zero-order valence-corrected chi connectivity index (χ0v) is 11.1. The van der Waals surface area contributed by atoms with Crippen molar-refractivity contribution in [3.63, 3.8) is 0 Å². The minimum Gasteiger partial charge on any atom is -0.335 e. The van der Waals surface area contributed by atoms with Crippen molar-refractivity contribution in [1.82, 2.24) is 15.5 Å². The van der Waals surface area contributed by atoms with Crippen molar-refractivity contribution in [2.24, 2.45) is 0 Å². The lowest BCUT2D eigenvalue weighted by molar-refractivity contribution is 0.244. The van der Waals surface area contributed by atoms with Crippen molar-refractivity contribution in [3.05, 3.63) is 5.01 Å². The van der Waals surface area contributed by atoms with Crippen LogP contribution in [-0.4, -0.2) is 22.3 Å². The van der Waals surface area contributed by atoms with Gasteiger partial charge in [0.15, 0.2) is 0 Å². The molecule has 2 fully saturated rings. The number of nitrogens with one attached hydrogen (secondary N) is 2. The van der Waals surface area contributed by atoms with E-state index in [0.717, 1.165) is 17.8 Å². The number of hydrogen-bond acceptors (Lipinski definition) is 4. The molecule has 0 radical (unpaired) electrons. The molecular formula is C12H18N4OS. The Labute approximate surface area is 110 Å². The normalized spacial score (nSPS) is 20.7. The van der Waals surface area contributed by atoms with Crippen molar-refractivity contribution in [2.75, 3.05) is 5.32 Å². The average molecular weight is 266 g/mol. The maximum Gasteiger partial charge on any atom is 0.321 e. The first kappa shape index (κ1) is 11.9. The summed E-state index contributed by atoms with van der Waals surface area (Å²) in [7, 11) is 0. The first-order valence-corrected chi connectivity index (χ1v) is 7.54. The fraction of sp³-hybridized carbons (Fsp3) is 0.750. The van der Waals surface area contributed by atoms with E-state index < -0.39 is 0 Å². The highest BCUT2D eigenvalue weighted by molar-refractivity contribution is 7.15. The summed E-state index contributed by atoms with van der Waals surface area (Å²) in [5.74, 6) is 0.597. The van der Waals surface area contributed by atoms with Gasteiger partial charge in [0, 0.05) is 12.0 Å². The Kier molecular flexibility index (Phi) is 3.45. The minimum absolute atomic E-state index is 0.139.